The number of carbonyl (C=O) groups is 1. The zero-order chi connectivity index (χ0) is 20.3. The summed E-state index contributed by atoms with van der Waals surface area (Å²) < 4.78 is 0. The second-order valence-corrected chi connectivity index (χ2v) is 7.68. The van der Waals surface area contributed by atoms with Crippen molar-refractivity contribution < 1.29 is 4.79 Å². The fraction of sp³-hybridized carbons (Fsp3) is 0.200. The summed E-state index contributed by atoms with van der Waals surface area (Å²) >= 11 is 0. The number of nitrogens with zero attached hydrogens (tertiary/aromatic N) is 2. The Labute approximate surface area is 171 Å². The van der Waals surface area contributed by atoms with E-state index in [0.717, 1.165) is 17.7 Å². The van der Waals surface area contributed by atoms with Gasteiger partial charge in [-0.25, -0.2) is 5.43 Å². The van der Waals surface area contributed by atoms with Crippen LogP contribution in [0, 0.1) is 5.92 Å². The van der Waals surface area contributed by atoms with Crippen LogP contribution >= 0.6 is 0 Å². The molecular weight excluding hydrogens is 358 g/mol. The third-order valence-electron chi connectivity index (χ3n) is 5.65. The molecule has 1 saturated carbocycles. The van der Waals surface area contributed by atoms with Gasteiger partial charge in [-0.15, -0.1) is 0 Å². The van der Waals surface area contributed by atoms with Gasteiger partial charge in [-0.1, -0.05) is 72.8 Å². The van der Waals surface area contributed by atoms with E-state index in [4.69, 9.17) is 0 Å². The number of rotatable bonds is 6. The first-order chi connectivity index (χ1) is 14.1. The first-order valence-electron chi connectivity index (χ1n) is 9.82. The topological polar surface area (TPSA) is 44.7 Å². The van der Waals surface area contributed by atoms with Crippen LogP contribution in [0.25, 0.3) is 0 Å². The standard InChI is InChI=1S/C25H25N3O/c1-28(2)22-15-13-19(14-16-22)18-26-27-24(29)23-17-25(23,20-9-5-3-6-10-20)21-11-7-4-8-12-21/h3-16,18,23H,17H2,1-2H3,(H,27,29)/t23-/m1/s1. The molecule has 0 heterocycles. The number of nitrogens with one attached hydrogen (secondary N) is 1. The lowest BCUT2D eigenvalue weighted by atomic mass is 9.85. The molecule has 1 N–H and O–H groups in total. The Balaban J connectivity index is 1.49. The summed E-state index contributed by atoms with van der Waals surface area (Å²) in [6.45, 7) is 0. The molecule has 3 aromatic rings. The van der Waals surface area contributed by atoms with E-state index in [1.807, 2.05) is 79.7 Å². The lowest BCUT2D eigenvalue weighted by molar-refractivity contribution is -0.122. The second kappa shape index (κ2) is 7.92. The molecule has 4 rings (SSSR count). The van der Waals surface area contributed by atoms with Crippen molar-refractivity contribution >= 4 is 17.8 Å². The Hall–Kier alpha value is -3.40. The second-order valence-electron chi connectivity index (χ2n) is 7.68. The van der Waals surface area contributed by atoms with Crippen LogP contribution in [0.5, 0.6) is 0 Å². The van der Waals surface area contributed by atoms with E-state index >= 15 is 0 Å². The molecule has 1 amide bonds. The van der Waals surface area contributed by atoms with Crippen LogP contribution in [0.3, 0.4) is 0 Å². The van der Waals surface area contributed by atoms with Gasteiger partial charge in [-0.05, 0) is 35.2 Å². The van der Waals surface area contributed by atoms with Gasteiger partial charge in [-0.3, -0.25) is 4.79 Å². The van der Waals surface area contributed by atoms with Crippen molar-refractivity contribution in [3.05, 3.63) is 102 Å². The Bertz CT molecular complexity index is 956. The molecule has 0 aromatic heterocycles. The van der Waals surface area contributed by atoms with Gasteiger partial charge < -0.3 is 4.90 Å². The van der Waals surface area contributed by atoms with Gasteiger partial charge in [0.1, 0.15) is 0 Å². The van der Waals surface area contributed by atoms with Crippen LogP contribution < -0.4 is 10.3 Å². The summed E-state index contributed by atoms with van der Waals surface area (Å²) in [7, 11) is 4.01. The molecule has 0 radical (unpaired) electrons. The van der Waals surface area contributed by atoms with E-state index in [2.05, 4.69) is 34.8 Å². The smallest absolute Gasteiger partial charge is 0.244 e. The molecule has 1 aliphatic rings. The van der Waals surface area contributed by atoms with E-state index in [-0.39, 0.29) is 17.2 Å². The number of hydrogen-bond acceptors (Lipinski definition) is 3. The van der Waals surface area contributed by atoms with E-state index in [1.54, 1.807) is 6.21 Å². The van der Waals surface area contributed by atoms with Crippen LogP contribution in [0.4, 0.5) is 5.69 Å². The minimum atomic E-state index is -0.268. The first-order valence-corrected chi connectivity index (χ1v) is 9.82. The van der Waals surface area contributed by atoms with Crippen molar-refractivity contribution in [1.29, 1.82) is 0 Å². The summed E-state index contributed by atoms with van der Waals surface area (Å²) in [5, 5.41) is 4.19. The molecular formula is C25H25N3O. The van der Waals surface area contributed by atoms with E-state index in [1.165, 1.54) is 11.1 Å². The molecule has 0 spiro atoms. The number of carbonyl (C=O) groups excluding carboxylic acids is 1. The molecule has 1 aliphatic carbocycles. The maximum atomic E-state index is 12.9. The van der Waals surface area contributed by atoms with Crippen molar-refractivity contribution in [1.82, 2.24) is 5.43 Å². The predicted molar refractivity (Wildman–Crippen MR) is 118 cm³/mol. The van der Waals surface area contributed by atoms with Crippen molar-refractivity contribution in [3.8, 4) is 0 Å². The predicted octanol–water partition coefficient (Wildman–Crippen LogP) is 4.21. The highest BCUT2D eigenvalue weighted by Gasteiger charge is 2.60. The molecule has 4 nitrogen and oxygen atoms in total. The third kappa shape index (κ3) is 3.79. The maximum Gasteiger partial charge on any atom is 0.244 e. The average Bonchev–Trinajstić information content (AvgIpc) is 3.52. The Morgan fingerprint density at radius 3 is 2.00 bits per heavy atom. The Morgan fingerprint density at radius 1 is 0.931 bits per heavy atom. The van der Waals surface area contributed by atoms with Crippen molar-refractivity contribution in [2.45, 2.75) is 11.8 Å². The number of benzene rings is 3. The Kier molecular flexibility index (Phi) is 5.17. The average molecular weight is 383 g/mol. The van der Waals surface area contributed by atoms with E-state index in [9.17, 15) is 4.79 Å². The SMILES string of the molecule is CN(C)c1ccc(C=NNC(=O)[C@H]2CC2(c2ccccc2)c2ccccc2)cc1. The number of hydrogen-bond donors (Lipinski definition) is 1. The fourth-order valence-electron chi connectivity index (χ4n) is 3.96. The summed E-state index contributed by atoms with van der Waals surface area (Å²) in [5.74, 6) is -0.167. The molecule has 29 heavy (non-hydrogen) atoms. The Morgan fingerprint density at radius 2 is 1.48 bits per heavy atom. The molecule has 1 atom stereocenters. The lowest BCUT2D eigenvalue weighted by Crippen LogP contribution is -2.25. The van der Waals surface area contributed by atoms with Gasteiger partial charge >= 0.3 is 0 Å². The molecule has 146 valence electrons. The highest BCUT2D eigenvalue weighted by molar-refractivity contribution is 5.87. The van der Waals surface area contributed by atoms with Gasteiger partial charge in [0.15, 0.2) is 0 Å². The highest BCUT2D eigenvalue weighted by Crippen LogP contribution is 2.58. The minimum Gasteiger partial charge on any atom is -0.378 e. The first kappa shape index (κ1) is 18.9. The lowest BCUT2D eigenvalue weighted by Gasteiger charge is -2.18. The van der Waals surface area contributed by atoms with Crippen LogP contribution in [0.15, 0.2) is 90.0 Å². The van der Waals surface area contributed by atoms with Crippen LogP contribution in [-0.2, 0) is 10.2 Å². The van der Waals surface area contributed by atoms with Gasteiger partial charge in [0.05, 0.1) is 12.1 Å². The number of anilines is 1. The normalized spacial score (nSPS) is 17.1. The number of amides is 1. The summed E-state index contributed by atoms with van der Waals surface area (Å²) in [6, 6.07) is 28.6. The van der Waals surface area contributed by atoms with Crippen molar-refractivity contribution in [2.24, 2.45) is 11.0 Å². The van der Waals surface area contributed by atoms with Gasteiger partial charge in [0.2, 0.25) is 5.91 Å². The van der Waals surface area contributed by atoms with E-state index < -0.39 is 0 Å². The van der Waals surface area contributed by atoms with Crippen LogP contribution in [0.1, 0.15) is 23.1 Å². The molecule has 0 saturated heterocycles. The molecule has 3 aromatic carbocycles. The highest BCUT2D eigenvalue weighted by atomic mass is 16.2. The summed E-state index contributed by atoms with van der Waals surface area (Å²) in [6.07, 6.45) is 2.48. The summed E-state index contributed by atoms with van der Waals surface area (Å²) in [5.41, 5.74) is 6.90. The quantitative estimate of drug-likeness (QED) is 0.512. The van der Waals surface area contributed by atoms with Crippen LogP contribution in [-0.4, -0.2) is 26.2 Å². The van der Waals surface area contributed by atoms with Crippen molar-refractivity contribution in [3.63, 3.8) is 0 Å². The molecule has 0 unspecified atom stereocenters. The minimum absolute atomic E-state index is 0.0427. The van der Waals surface area contributed by atoms with Gasteiger partial charge in [0.25, 0.3) is 0 Å². The van der Waals surface area contributed by atoms with Gasteiger partial charge in [0, 0.05) is 25.2 Å². The van der Waals surface area contributed by atoms with Crippen molar-refractivity contribution in [2.75, 3.05) is 19.0 Å². The fourth-order valence-corrected chi connectivity index (χ4v) is 3.96. The molecule has 0 aliphatic heterocycles. The van der Waals surface area contributed by atoms with E-state index in [0.29, 0.717) is 0 Å². The number of hydrazone groups is 1. The monoisotopic (exact) mass is 383 g/mol. The zero-order valence-corrected chi connectivity index (χ0v) is 16.7. The summed E-state index contributed by atoms with van der Waals surface area (Å²) in [4.78, 5) is 14.9. The molecule has 1 fully saturated rings. The zero-order valence-electron chi connectivity index (χ0n) is 16.7. The van der Waals surface area contributed by atoms with Crippen LogP contribution in [0.2, 0.25) is 0 Å². The molecule has 4 heteroatoms. The third-order valence-corrected chi connectivity index (χ3v) is 5.65. The van der Waals surface area contributed by atoms with Gasteiger partial charge in [-0.2, -0.15) is 5.10 Å². The maximum absolute atomic E-state index is 12.9. The largest absolute Gasteiger partial charge is 0.378 e. The molecule has 0 bridgehead atoms.